The molecule has 14 heteroatoms. The third kappa shape index (κ3) is 42.9. The van der Waals surface area contributed by atoms with Crippen LogP contribution in [0.1, 0.15) is 26.2 Å². The molecule has 24 heavy (non-hydrogen) atoms. The van der Waals surface area contributed by atoms with E-state index in [1.165, 1.54) is 0 Å². The summed E-state index contributed by atoms with van der Waals surface area (Å²) in [4.78, 5) is 0. The zero-order valence-corrected chi connectivity index (χ0v) is 11.8. The van der Waals surface area contributed by atoms with Crippen LogP contribution in [0.3, 0.4) is 0 Å². The maximum absolute atomic E-state index is 10.8. The first kappa shape index (κ1) is 27.9. The first-order valence-corrected chi connectivity index (χ1v) is 5.74. The molecule has 2 N–H and O–H groups in total. The highest BCUT2D eigenvalue weighted by molar-refractivity contribution is 4.58. The molecule has 0 aromatic rings. The van der Waals surface area contributed by atoms with Crippen LogP contribution in [0.4, 0.5) is 52.7 Å². The second kappa shape index (κ2) is 10.8. The average molecular weight is 394 g/mol. The van der Waals surface area contributed by atoms with Crippen LogP contribution in [0, 0.1) is 0 Å². The van der Waals surface area contributed by atoms with Gasteiger partial charge in [-0.2, -0.15) is 52.7 Å². The molecule has 0 radical (unpaired) electrons. The van der Waals surface area contributed by atoms with E-state index in [9.17, 15) is 52.7 Å². The molecule has 0 rings (SSSR count). The molecule has 0 aliphatic rings. The Morgan fingerprint density at radius 2 is 0.833 bits per heavy atom. The molecule has 0 saturated heterocycles. The number of aliphatic hydroxyl groups is 2. The molecule has 0 heterocycles. The minimum atomic E-state index is -5.14. The standard InChI is InChI=1S/C4H10O2.2C3H2F6/c1-4(6)2-3-5;2*4-2(5,6)1-3(7,8)9/h4-6H,2-3H2,1H3;2*1H2. The Bertz CT molecular complexity index is 249. The third-order valence-electron chi connectivity index (χ3n) is 1.35. The van der Waals surface area contributed by atoms with Crippen LogP contribution in [0.15, 0.2) is 0 Å². The van der Waals surface area contributed by atoms with Crippen molar-refractivity contribution in [3.05, 3.63) is 0 Å². The summed E-state index contributed by atoms with van der Waals surface area (Å²) in [5, 5.41) is 16.5. The number of rotatable bonds is 2. The van der Waals surface area contributed by atoms with Gasteiger partial charge >= 0.3 is 24.7 Å². The Labute approximate surface area is 128 Å². The van der Waals surface area contributed by atoms with Crippen molar-refractivity contribution < 1.29 is 62.9 Å². The van der Waals surface area contributed by atoms with E-state index in [1.807, 2.05) is 0 Å². The monoisotopic (exact) mass is 394 g/mol. The molecular weight excluding hydrogens is 380 g/mol. The third-order valence-corrected chi connectivity index (χ3v) is 1.35. The average Bonchev–Trinajstić information content (AvgIpc) is 2.04. The van der Waals surface area contributed by atoms with E-state index in [4.69, 9.17) is 10.2 Å². The molecule has 0 bridgehead atoms. The van der Waals surface area contributed by atoms with E-state index in [-0.39, 0.29) is 12.7 Å². The van der Waals surface area contributed by atoms with Gasteiger partial charge in [-0.3, -0.25) is 0 Å². The normalized spacial score (nSPS) is 14.1. The topological polar surface area (TPSA) is 40.5 Å². The van der Waals surface area contributed by atoms with E-state index in [1.54, 1.807) is 6.92 Å². The first-order chi connectivity index (χ1) is 10.2. The van der Waals surface area contributed by atoms with Crippen molar-refractivity contribution >= 4 is 0 Å². The zero-order chi connectivity index (χ0) is 20.4. The van der Waals surface area contributed by atoms with Crippen molar-refractivity contribution in [3.63, 3.8) is 0 Å². The van der Waals surface area contributed by atoms with Crippen molar-refractivity contribution in [2.24, 2.45) is 0 Å². The summed E-state index contributed by atoms with van der Waals surface area (Å²) >= 11 is 0. The van der Waals surface area contributed by atoms with Crippen molar-refractivity contribution in [1.82, 2.24) is 0 Å². The maximum atomic E-state index is 10.8. The van der Waals surface area contributed by atoms with E-state index in [2.05, 4.69) is 0 Å². The fraction of sp³-hybridized carbons (Fsp3) is 1.00. The molecule has 0 fully saturated rings. The molecule has 0 spiro atoms. The summed E-state index contributed by atoms with van der Waals surface area (Å²) in [6, 6.07) is 0. The second-order valence-corrected chi connectivity index (χ2v) is 4.18. The largest absolute Gasteiger partial charge is 0.397 e. The van der Waals surface area contributed by atoms with Gasteiger partial charge in [0.1, 0.15) is 12.8 Å². The fourth-order valence-electron chi connectivity index (χ4n) is 0.641. The van der Waals surface area contributed by atoms with Gasteiger partial charge in [0.2, 0.25) is 0 Å². The highest BCUT2D eigenvalue weighted by Crippen LogP contribution is 2.32. The minimum Gasteiger partial charge on any atom is -0.396 e. The summed E-state index contributed by atoms with van der Waals surface area (Å²) in [5.74, 6) is 0. The van der Waals surface area contributed by atoms with E-state index in [0.717, 1.165) is 0 Å². The molecule has 1 unspecified atom stereocenters. The van der Waals surface area contributed by atoms with Gasteiger partial charge < -0.3 is 10.2 Å². The molecule has 0 aromatic heterocycles. The predicted molar refractivity (Wildman–Crippen MR) is 56.8 cm³/mol. The van der Waals surface area contributed by atoms with Gasteiger partial charge in [-0.1, -0.05) is 0 Å². The minimum absolute atomic E-state index is 0.0810. The molecule has 0 saturated carbocycles. The van der Waals surface area contributed by atoms with Gasteiger partial charge in [0.15, 0.2) is 0 Å². The SMILES string of the molecule is CC(O)CCO.FC(F)(F)CC(F)(F)F.FC(F)(F)CC(F)(F)F. The molecule has 0 aromatic carbocycles. The first-order valence-electron chi connectivity index (χ1n) is 5.74. The number of halogens is 12. The van der Waals surface area contributed by atoms with Gasteiger partial charge in [-0.05, 0) is 13.3 Å². The van der Waals surface area contributed by atoms with Crippen molar-refractivity contribution in [1.29, 1.82) is 0 Å². The quantitative estimate of drug-likeness (QED) is 0.664. The van der Waals surface area contributed by atoms with Crippen LogP contribution in [0.5, 0.6) is 0 Å². The predicted octanol–water partition coefficient (Wildman–Crippen LogP) is 4.75. The summed E-state index contributed by atoms with van der Waals surface area (Å²) < 4.78 is 130. The van der Waals surface area contributed by atoms with Crippen molar-refractivity contribution in [2.75, 3.05) is 6.61 Å². The molecule has 0 amide bonds. The van der Waals surface area contributed by atoms with Crippen LogP contribution < -0.4 is 0 Å². The van der Waals surface area contributed by atoms with Gasteiger partial charge in [-0.15, -0.1) is 0 Å². The summed E-state index contributed by atoms with van der Waals surface area (Å²) in [7, 11) is 0. The molecule has 2 nitrogen and oxygen atoms in total. The van der Waals surface area contributed by atoms with Crippen LogP contribution >= 0.6 is 0 Å². The van der Waals surface area contributed by atoms with E-state index in [0.29, 0.717) is 6.42 Å². The summed E-state index contributed by atoms with van der Waals surface area (Å²) in [6.45, 7) is 1.73. The fourth-order valence-corrected chi connectivity index (χ4v) is 0.641. The molecule has 0 aliphatic carbocycles. The highest BCUT2D eigenvalue weighted by atomic mass is 19.4. The Balaban J connectivity index is -0.000000282. The van der Waals surface area contributed by atoms with E-state index >= 15 is 0 Å². The second-order valence-electron chi connectivity index (χ2n) is 4.18. The lowest BCUT2D eigenvalue weighted by atomic mass is 10.3. The summed E-state index contributed by atoms with van der Waals surface area (Å²) in [6.07, 6.45) is -25.8. The van der Waals surface area contributed by atoms with Gasteiger partial charge in [0.05, 0.1) is 6.10 Å². The lowest BCUT2D eigenvalue weighted by Crippen LogP contribution is -2.20. The molecule has 1 atom stereocenters. The van der Waals surface area contributed by atoms with Crippen molar-refractivity contribution in [2.45, 2.75) is 57.0 Å². The lowest BCUT2D eigenvalue weighted by molar-refractivity contribution is -0.233. The van der Waals surface area contributed by atoms with Crippen LogP contribution in [0.2, 0.25) is 0 Å². The van der Waals surface area contributed by atoms with Gasteiger partial charge in [0, 0.05) is 6.61 Å². The van der Waals surface area contributed by atoms with Crippen LogP contribution in [-0.4, -0.2) is 47.6 Å². The highest BCUT2D eigenvalue weighted by Gasteiger charge is 2.44. The molecular formula is C10H14F12O2. The number of aliphatic hydroxyl groups excluding tert-OH is 2. The number of hydrogen-bond acceptors (Lipinski definition) is 2. The Morgan fingerprint density at radius 1 is 0.625 bits per heavy atom. The number of alkyl halides is 12. The van der Waals surface area contributed by atoms with Crippen LogP contribution in [-0.2, 0) is 0 Å². The Morgan fingerprint density at radius 3 is 0.833 bits per heavy atom. The Kier molecular flexibility index (Phi) is 12.6. The lowest BCUT2D eigenvalue weighted by Gasteiger charge is -2.08. The smallest absolute Gasteiger partial charge is 0.396 e. The van der Waals surface area contributed by atoms with E-state index < -0.39 is 37.5 Å². The zero-order valence-electron chi connectivity index (χ0n) is 11.8. The van der Waals surface area contributed by atoms with Crippen molar-refractivity contribution in [3.8, 4) is 0 Å². The van der Waals surface area contributed by atoms with Gasteiger partial charge in [-0.25, -0.2) is 0 Å². The number of hydrogen-bond donors (Lipinski definition) is 2. The molecule has 0 aliphatic heterocycles. The Hall–Kier alpha value is -0.920. The van der Waals surface area contributed by atoms with Gasteiger partial charge in [0.25, 0.3) is 0 Å². The maximum Gasteiger partial charge on any atom is 0.397 e. The molecule has 150 valence electrons. The summed E-state index contributed by atoms with van der Waals surface area (Å²) in [5.41, 5.74) is 0. The van der Waals surface area contributed by atoms with Crippen LogP contribution in [0.25, 0.3) is 0 Å².